The van der Waals surface area contributed by atoms with Gasteiger partial charge in [-0.15, -0.1) is 0 Å². The second kappa shape index (κ2) is 3.46. The van der Waals surface area contributed by atoms with E-state index in [2.05, 4.69) is 10.1 Å². The molecular formula is C12H10N4. The molecular weight excluding hydrogens is 200 g/mol. The van der Waals surface area contributed by atoms with Crippen molar-refractivity contribution in [1.82, 2.24) is 14.8 Å². The average Bonchev–Trinajstić information content (AvgIpc) is 3.07. The van der Waals surface area contributed by atoms with Crippen LogP contribution in [0.3, 0.4) is 0 Å². The Kier molecular flexibility index (Phi) is 1.97. The molecule has 16 heavy (non-hydrogen) atoms. The lowest BCUT2D eigenvalue weighted by Gasteiger charge is -2.00. The molecule has 2 aromatic heterocycles. The Hall–Kier alpha value is -2.15. The monoisotopic (exact) mass is 210 g/mol. The highest BCUT2D eigenvalue weighted by molar-refractivity contribution is 5.36. The number of aromatic nitrogens is 3. The molecule has 4 heteroatoms. The highest BCUT2D eigenvalue weighted by atomic mass is 15.3. The molecule has 78 valence electrons. The molecule has 0 radical (unpaired) electrons. The molecule has 0 aliphatic heterocycles. The van der Waals surface area contributed by atoms with Gasteiger partial charge >= 0.3 is 0 Å². The Balaban J connectivity index is 1.97. The summed E-state index contributed by atoms with van der Waals surface area (Å²) in [6, 6.07) is 7.66. The van der Waals surface area contributed by atoms with Gasteiger partial charge in [0.2, 0.25) is 0 Å². The van der Waals surface area contributed by atoms with Gasteiger partial charge in [-0.05, 0) is 25.0 Å². The highest BCUT2D eigenvalue weighted by Gasteiger charge is 2.25. The molecule has 1 aliphatic rings. The molecule has 2 aromatic rings. The minimum atomic E-state index is 0.418. The predicted molar refractivity (Wildman–Crippen MR) is 58.0 cm³/mol. The van der Waals surface area contributed by atoms with E-state index >= 15 is 0 Å². The smallest absolute Gasteiger partial charge is 0.142 e. The molecule has 0 unspecified atom stereocenters. The van der Waals surface area contributed by atoms with Crippen LogP contribution >= 0.6 is 0 Å². The van der Waals surface area contributed by atoms with Gasteiger partial charge in [-0.1, -0.05) is 0 Å². The maximum absolute atomic E-state index is 8.77. The molecule has 0 aromatic carbocycles. The zero-order valence-electron chi connectivity index (χ0n) is 8.67. The van der Waals surface area contributed by atoms with Crippen LogP contribution in [0.5, 0.6) is 0 Å². The number of hydrogen-bond acceptors (Lipinski definition) is 3. The first-order chi connectivity index (χ1) is 7.86. The normalized spacial score (nSPS) is 14.7. The molecule has 0 saturated heterocycles. The lowest BCUT2D eigenvalue weighted by atomic mass is 10.3. The third kappa shape index (κ3) is 1.57. The highest BCUT2D eigenvalue weighted by Crippen LogP contribution is 2.38. The topological polar surface area (TPSA) is 54.5 Å². The van der Waals surface area contributed by atoms with Crippen molar-refractivity contribution >= 4 is 0 Å². The molecule has 1 aliphatic carbocycles. The standard InChI is InChI=1S/C12H10N4/c13-8-10-7-11(3-5-14-10)16-6-4-12(15-16)9-1-2-9/h3-7,9H,1-2H2. The number of rotatable bonds is 2. The number of nitriles is 1. The summed E-state index contributed by atoms with van der Waals surface area (Å²) in [5.74, 6) is 0.651. The van der Waals surface area contributed by atoms with Crippen molar-refractivity contribution in [2.75, 3.05) is 0 Å². The Bertz CT molecular complexity index is 560. The quantitative estimate of drug-likeness (QED) is 0.761. The summed E-state index contributed by atoms with van der Waals surface area (Å²) in [7, 11) is 0. The molecule has 1 fully saturated rings. The number of nitrogens with zero attached hydrogens (tertiary/aromatic N) is 4. The SMILES string of the molecule is N#Cc1cc(-n2ccc(C3CC3)n2)ccn1. The molecule has 1 saturated carbocycles. The van der Waals surface area contributed by atoms with Crippen LogP contribution in [0.2, 0.25) is 0 Å². The Labute approximate surface area is 93.2 Å². The number of hydrogen-bond donors (Lipinski definition) is 0. The van der Waals surface area contributed by atoms with Crippen LogP contribution in [-0.4, -0.2) is 14.8 Å². The Morgan fingerprint density at radius 3 is 3.00 bits per heavy atom. The van der Waals surface area contributed by atoms with Gasteiger partial charge in [-0.2, -0.15) is 10.4 Å². The van der Waals surface area contributed by atoms with E-state index in [0.29, 0.717) is 11.6 Å². The largest absolute Gasteiger partial charge is 0.245 e. The van der Waals surface area contributed by atoms with Crippen LogP contribution in [0.15, 0.2) is 30.6 Å². The minimum absolute atomic E-state index is 0.418. The predicted octanol–water partition coefficient (Wildman–Crippen LogP) is 2.02. The lowest BCUT2D eigenvalue weighted by molar-refractivity contribution is 0.835. The second-order valence-corrected chi connectivity index (χ2v) is 3.97. The van der Waals surface area contributed by atoms with E-state index in [1.54, 1.807) is 16.9 Å². The molecule has 4 nitrogen and oxygen atoms in total. The van der Waals surface area contributed by atoms with Crippen LogP contribution in [0.4, 0.5) is 0 Å². The molecule has 0 N–H and O–H groups in total. The van der Waals surface area contributed by atoms with Crippen LogP contribution in [0, 0.1) is 11.3 Å². The molecule has 0 amide bonds. The van der Waals surface area contributed by atoms with E-state index in [1.807, 2.05) is 24.4 Å². The van der Waals surface area contributed by atoms with Crippen molar-refractivity contribution in [2.45, 2.75) is 18.8 Å². The minimum Gasteiger partial charge on any atom is -0.245 e. The summed E-state index contributed by atoms with van der Waals surface area (Å²) in [6.45, 7) is 0. The Morgan fingerprint density at radius 2 is 2.25 bits per heavy atom. The molecule has 0 spiro atoms. The van der Waals surface area contributed by atoms with Crippen molar-refractivity contribution in [1.29, 1.82) is 5.26 Å². The first-order valence-corrected chi connectivity index (χ1v) is 5.29. The second-order valence-electron chi connectivity index (χ2n) is 3.97. The summed E-state index contributed by atoms with van der Waals surface area (Å²) >= 11 is 0. The van der Waals surface area contributed by atoms with Gasteiger partial charge in [0.05, 0.1) is 11.4 Å². The van der Waals surface area contributed by atoms with Gasteiger partial charge in [0, 0.05) is 24.4 Å². The molecule has 2 heterocycles. The molecule has 0 bridgehead atoms. The maximum atomic E-state index is 8.77. The van der Waals surface area contributed by atoms with Crippen LogP contribution in [-0.2, 0) is 0 Å². The zero-order chi connectivity index (χ0) is 11.0. The van der Waals surface area contributed by atoms with Crippen LogP contribution in [0.25, 0.3) is 5.69 Å². The van der Waals surface area contributed by atoms with Gasteiger partial charge in [0.15, 0.2) is 0 Å². The molecule has 0 atom stereocenters. The van der Waals surface area contributed by atoms with Gasteiger partial charge in [-0.25, -0.2) is 9.67 Å². The van der Waals surface area contributed by atoms with Crippen LogP contribution in [0.1, 0.15) is 30.1 Å². The first kappa shape index (κ1) is 9.10. The lowest BCUT2D eigenvalue weighted by Crippen LogP contribution is -1.97. The van der Waals surface area contributed by atoms with E-state index in [0.717, 1.165) is 11.4 Å². The van der Waals surface area contributed by atoms with Crippen molar-refractivity contribution in [3.05, 3.63) is 42.0 Å². The van der Waals surface area contributed by atoms with Gasteiger partial charge in [0.1, 0.15) is 11.8 Å². The summed E-state index contributed by atoms with van der Waals surface area (Å²) in [6.07, 6.45) is 6.06. The average molecular weight is 210 g/mol. The van der Waals surface area contributed by atoms with Crippen molar-refractivity contribution < 1.29 is 0 Å². The fourth-order valence-electron chi connectivity index (χ4n) is 1.70. The summed E-state index contributed by atoms with van der Waals surface area (Å²) in [5.41, 5.74) is 2.45. The fraction of sp³-hybridized carbons (Fsp3) is 0.250. The summed E-state index contributed by atoms with van der Waals surface area (Å²) in [4.78, 5) is 3.94. The fourth-order valence-corrected chi connectivity index (χ4v) is 1.70. The summed E-state index contributed by atoms with van der Waals surface area (Å²) in [5, 5.41) is 13.3. The van der Waals surface area contributed by atoms with Crippen molar-refractivity contribution in [3.8, 4) is 11.8 Å². The van der Waals surface area contributed by atoms with Gasteiger partial charge in [0.25, 0.3) is 0 Å². The third-order valence-corrected chi connectivity index (χ3v) is 2.73. The Morgan fingerprint density at radius 1 is 1.38 bits per heavy atom. The first-order valence-electron chi connectivity index (χ1n) is 5.29. The van der Waals surface area contributed by atoms with E-state index in [-0.39, 0.29) is 0 Å². The van der Waals surface area contributed by atoms with Crippen molar-refractivity contribution in [2.24, 2.45) is 0 Å². The zero-order valence-corrected chi connectivity index (χ0v) is 8.67. The van der Waals surface area contributed by atoms with E-state index in [4.69, 9.17) is 5.26 Å². The van der Waals surface area contributed by atoms with Crippen molar-refractivity contribution in [3.63, 3.8) is 0 Å². The summed E-state index contributed by atoms with van der Waals surface area (Å²) < 4.78 is 1.80. The van der Waals surface area contributed by atoms with Gasteiger partial charge < -0.3 is 0 Å². The third-order valence-electron chi connectivity index (χ3n) is 2.73. The number of pyridine rings is 1. The van der Waals surface area contributed by atoms with E-state index < -0.39 is 0 Å². The van der Waals surface area contributed by atoms with E-state index in [9.17, 15) is 0 Å². The molecule has 3 rings (SSSR count). The van der Waals surface area contributed by atoms with E-state index in [1.165, 1.54) is 12.8 Å². The maximum Gasteiger partial charge on any atom is 0.142 e. The van der Waals surface area contributed by atoms with Crippen LogP contribution < -0.4 is 0 Å². The van der Waals surface area contributed by atoms with Gasteiger partial charge in [-0.3, -0.25) is 0 Å².